The second-order valence-corrected chi connectivity index (χ2v) is 5.02. The number of benzene rings is 2. The summed E-state index contributed by atoms with van der Waals surface area (Å²) in [6.07, 6.45) is 2.82. The molecule has 104 valence electrons. The van der Waals surface area contributed by atoms with Crippen molar-refractivity contribution in [1.29, 1.82) is 0 Å². The van der Waals surface area contributed by atoms with Crippen LogP contribution in [0, 0.1) is 6.92 Å². The first-order chi connectivity index (χ1) is 9.69. The summed E-state index contributed by atoms with van der Waals surface area (Å²) >= 11 is 6.08. The van der Waals surface area contributed by atoms with Crippen LogP contribution in [0.1, 0.15) is 24.5 Å². The predicted octanol–water partition coefficient (Wildman–Crippen LogP) is 5.19. The van der Waals surface area contributed by atoms with Crippen molar-refractivity contribution in [3.8, 4) is 5.75 Å². The second-order valence-electron chi connectivity index (χ2n) is 4.61. The molecule has 0 aliphatic rings. The van der Waals surface area contributed by atoms with Crippen LogP contribution in [0.2, 0.25) is 5.02 Å². The summed E-state index contributed by atoms with van der Waals surface area (Å²) in [5.41, 5.74) is 2.91. The Morgan fingerprint density at radius 1 is 1.20 bits per heavy atom. The van der Waals surface area contributed by atoms with Gasteiger partial charge < -0.3 is 4.74 Å². The van der Waals surface area contributed by atoms with Gasteiger partial charge in [-0.1, -0.05) is 36.7 Å². The third kappa shape index (κ3) is 4.10. The van der Waals surface area contributed by atoms with Gasteiger partial charge in [0.25, 0.3) is 0 Å². The normalized spacial score (nSPS) is 10.9. The van der Waals surface area contributed by atoms with Gasteiger partial charge in [-0.3, -0.25) is 4.99 Å². The molecule has 0 aliphatic carbocycles. The topological polar surface area (TPSA) is 21.6 Å². The van der Waals surface area contributed by atoms with E-state index < -0.39 is 0 Å². The number of hydrogen-bond acceptors (Lipinski definition) is 2. The lowest BCUT2D eigenvalue weighted by atomic mass is 10.2. The number of rotatable bonds is 5. The molecule has 0 spiro atoms. The molecule has 0 heterocycles. The average Bonchev–Trinajstić information content (AvgIpc) is 2.47. The van der Waals surface area contributed by atoms with Gasteiger partial charge in [0.15, 0.2) is 0 Å². The van der Waals surface area contributed by atoms with Crippen molar-refractivity contribution in [2.24, 2.45) is 4.99 Å². The highest BCUT2D eigenvalue weighted by Crippen LogP contribution is 2.22. The van der Waals surface area contributed by atoms with Gasteiger partial charge in [-0.05, 0) is 48.7 Å². The van der Waals surface area contributed by atoms with Crippen molar-refractivity contribution in [3.63, 3.8) is 0 Å². The van der Waals surface area contributed by atoms with Gasteiger partial charge in [-0.2, -0.15) is 0 Å². The van der Waals surface area contributed by atoms with Crippen molar-refractivity contribution in [3.05, 3.63) is 58.6 Å². The lowest BCUT2D eigenvalue weighted by Crippen LogP contribution is -1.95. The van der Waals surface area contributed by atoms with Crippen LogP contribution in [0.3, 0.4) is 0 Å². The molecule has 0 aliphatic heterocycles. The van der Waals surface area contributed by atoms with Gasteiger partial charge in [0.2, 0.25) is 0 Å². The Labute approximate surface area is 125 Å². The van der Waals surface area contributed by atoms with Gasteiger partial charge in [-0.15, -0.1) is 0 Å². The lowest BCUT2D eigenvalue weighted by Gasteiger charge is -2.04. The van der Waals surface area contributed by atoms with Gasteiger partial charge in [0.05, 0.1) is 12.3 Å². The van der Waals surface area contributed by atoms with Crippen LogP contribution in [-0.2, 0) is 0 Å². The highest BCUT2D eigenvalue weighted by Gasteiger charge is 1.97. The molecule has 0 fully saturated rings. The van der Waals surface area contributed by atoms with Crippen LogP contribution in [-0.4, -0.2) is 12.8 Å². The zero-order valence-electron chi connectivity index (χ0n) is 11.8. The molecule has 0 aromatic heterocycles. The molecular weight excluding hydrogens is 270 g/mol. The molecule has 0 amide bonds. The van der Waals surface area contributed by atoms with Crippen LogP contribution >= 0.6 is 11.6 Å². The molecule has 2 rings (SSSR count). The second kappa shape index (κ2) is 7.11. The maximum Gasteiger partial charge on any atom is 0.119 e. The van der Waals surface area contributed by atoms with E-state index in [1.54, 1.807) is 0 Å². The van der Waals surface area contributed by atoms with Crippen LogP contribution in [0.25, 0.3) is 0 Å². The first-order valence-corrected chi connectivity index (χ1v) is 7.10. The summed E-state index contributed by atoms with van der Waals surface area (Å²) in [5, 5.41) is 0.736. The minimum Gasteiger partial charge on any atom is -0.494 e. The molecule has 2 aromatic rings. The lowest BCUT2D eigenvalue weighted by molar-refractivity contribution is 0.317. The van der Waals surface area contributed by atoms with Gasteiger partial charge in [0.1, 0.15) is 5.75 Å². The molecule has 0 atom stereocenters. The summed E-state index contributed by atoms with van der Waals surface area (Å²) in [5.74, 6) is 0.873. The Morgan fingerprint density at radius 2 is 2.05 bits per heavy atom. The fourth-order valence-electron chi connectivity index (χ4n) is 1.72. The quantitative estimate of drug-likeness (QED) is 0.694. The Balaban J connectivity index is 2.12. The van der Waals surface area contributed by atoms with E-state index in [9.17, 15) is 0 Å². The van der Waals surface area contributed by atoms with E-state index in [2.05, 4.69) is 11.9 Å². The minimum atomic E-state index is 0.730. The van der Waals surface area contributed by atoms with E-state index in [0.717, 1.165) is 40.6 Å². The summed E-state index contributed by atoms with van der Waals surface area (Å²) < 4.78 is 5.60. The molecular formula is C17H18ClNO. The van der Waals surface area contributed by atoms with E-state index in [-0.39, 0.29) is 0 Å². The largest absolute Gasteiger partial charge is 0.494 e. The van der Waals surface area contributed by atoms with Gasteiger partial charge >= 0.3 is 0 Å². The molecule has 0 radical (unpaired) electrons. The Morgan fingerprint density at radius 3 is 2.80 bits per heavy atom. The van der Waals surface area contributed by atoms with Crippen LogP contribution in [0.15, 0.2) is 47.5 Å². The van der Waals surface area contributed by atoms with Crippen molar-refractivity contribution in [1.82, 2.24) is 0 Å². The van der Waals surface area contributed by atoms with Crippen LogP contribution < -0.4 is 4.74 Å². The van der Waals surface area contributed by atoms with Crippen LogP contribution in [0.5, 0.6) is 5.75 Å². The molecule has 0 N–H and O–H groups in total. The summed E-state index contributed by atoms with van der Waals surface area (Å²) in [6, 6.07) is 13.7. The third-order valence-electron chi connectivity index (χ3n) is 2.85. The summed E-state index contributed by atoms with van der Waals surface area (Å²) in [4.78, 5) is 4.43. The fourth-order valence-corrected chi connectivity index (χ4v) is 1.89. The number of aryl methyl sites for hydroxylation is 1. The SMILES string of the molecule is CCCOc1cccc(C=Nc2ccc(C)c(Cl)c2)c1. The van der Waals surface area contributed by atoms with Crippen molar-refractivity contribution in [2.45, 2.75) is 20.3 Å². The van der Waals surface area contributed by atoms with Crippen molar-refractivity contribution in [2.75, 3.05) is 6.61 Å². The maximum atomic E-state index is 6.08. The van der Waals surface area contributed by atoms with E-state index in [1.807, 2.05) is 55.6 Å². The molecule has 20 heavy (non-hydrogen) atoms. The smallest absolute Gasteiger partial charge is 0.119 e. The molecule has 0 saturated heterocycles. The first-order valence-electron chi connectivity index (χ1n) is 6.72. The zero-order valence-corrected chi connectivity index (χ0v) is 12.5. The fraction of sp³-hybridized carbons (Fsp3) is 0.235. The van der Waals surface area contributed by atoms with Crippen molar-refractivity contribution < 1.29 is 4.74 Å². The van der Waals surface area contributed by atoms with E-state index in [1.165, 1.54) is 0 Å². The Bertz CT molecular complexity index is 608. The number of aliphatic imine (C=N–C) groups is 1. The zero-order chi connectivity index (χ0) is 14.4. The molecule has 0 unspecified atom stereocenters. The summed E-state index contributed by atoms with van der Waals surface area (Å²) in [6.45, 7) is 4.80. The Kier molecular flexibility index (Phi) is 5.19. The van der Waals surface area contributed by atoms with Gasteiger partial charge in [-0.25, -0.2) is 0 Å². The maximum absolute atomic E-state index is 6.08. The van der Waals surface area contributed by atoms with E-state index in [4.69, 9.17) is 16.3 Å². The molecule has 0 saturated carbocycles. The summed E-state index contributed by atoms with van der Waals surface area (Å²) in [7, 11) is 0. The average molecular weight is 288 g/mol. The Hall–Kier alpha value is -1.80. The van der Waals surface area contributed by atoms with Crippen molar-refractivity contribution >= 4 is 23.5 Å². The minimum absolute atomic E-state index is 0.730. The van der Waals surface area contributed by atoms with E-state index >= 15 is 0 Å². The predicted molar refractivity (Wildman–Crippen MR) is 85.7 cm³/mol. The molecule has 2 nitrogen and oxygen atoms in total. The standard InChI is InChI=1S/C17H18ClNO/c1-3-9-20-16-6-4-5-14(10-16)12-19-15-8-7-13(2)17(18)11-15/h4-8,10-12H,3,9H2,1-2H3. The number of hydrogen-bond donors (Lipinski definition) is 0. The van der Waals surface area contributed by atoms with E-state index in [0.29, 0.717) is 0 Å². The monoisotopic (exact) mass is 287 g/mol. The number of ether oxygens (including phenoxy) is 1. The number of nitrogens with zero attached hydrogens (tertiary/aromatic N) is 1. The van der Waals surface area contributed by atoms with Gasteiger partial charge in [0, 0.05) is 11.2 Å². The molecule has 3 heteroatoms. The first kappa shape index (κ1) is 14.6. The third-order valence-corrected chi connectivity index (χ3v) is 3.26. The molecule has 2 aromatic carbocycles. The number of halogens is 1. The highest BCUT2D eigenvalue weighted by atomic mass is 35.5. The molecule has 0 bridgehead atoms. The van der Waals surface area contributed by atoms with Crippen LogP contribution in [0.4, 0.5) is 5.69 Å². The highest BCUT2D eigenvalue weighted by molar-refractivity contribution is 6.31.